The van der Waals surface area contributed by atoms with Gasteiger partial charge in [-0.1, -0.05) is 20.8 Å². The highest BCUT2D eigenvalue weighted by molar-refractivity contribution is 7.12. The van der Waals surface area contributed by atoms with Crippen molar-refractivity contribution in [3.05, 3.63) is 44.4 Å². The summed E-state index contributed by atoms with van der Waals surface area (Å²) in [6.45, 7) is 10.4. The van der Waals surface area contributed by atoms with Crippen molar-refractivity contribution in [1.82, 2.24) is 5.32 Å². The van der Waals surface area contributed by atoms with Gasteiger partial charge in [0.25, 0.3) is 0 Å². The molecule has 0 unspecified atom stereocenters. The van der Waals surface area contributed by atoms with Crippen molar-refractivity contribution in [1.29, 1.82) is 0 Å². The van der Waals surface area contributed by atoms with Crippen LogP contribution in [0.15, 0.2) is 34.7 Å². The number of thiophene rings is 1. The van der Waals surface area contributed by atoms with Gasteiger partial charge in [0.05, 0.1) is 18.1 Å². The quantitative estimate of drug-likeness (QED) is 0.791. The topological polar surface area (TPSA) is 55.4 Å². The van der Waals surface area contributed by atoms with Gasteiger partial charge < -0.3 is 10.1 Å². The molecule has 1 aliphatic heterocycles. The van der Waals surface area contributed by atoms with E-state index in [1.807, 2.05) is 6.92 Å². The Morgan fingerprint density at radius 3 is 2.65 bits per heavy atom. The normalized spacial score (nSPS) is 22.2. The summed E-state index contributed by atoms with van der Waals surface area (Å²) in [6, 6.07) is 4.15. The molecule has 0 saturated heterocycles. The molecular formula is C21H27NO3S. The van der Waals surface area contributed by atoms with Crippen molar-refractivity contribution in [3.8, 4) is 0 Å². The fraction of sp³-hybridized carbons (Fsp3) is 0.524. The van der Waals surface area contributed by atoms with Crippen molar-refractivity contribution in [2.75, 3.05) is 6.61 Å². The molecule has 1 aromatic rings. The number of Topliss-reactive ketones (excluding diaryl/α,β-unsaturated/α-hetero) is 1. The molecule has 0 radical (unpaired) electrons. The molecular weight excluding hydrogens is 346 g/mol. The highest BCUT2D eigenvalue weighted by Gasteiger charge is 2.43. The number of nitrogens with one attached hydrogen (secondary N) is 1. The second kappa shape index (κ2) is 7.03. The van der Waals surface area contributed by atoms with E-state index in [0.29, 0.717) is 18.6 Å². The molecule has 0 bridgehead atoms. The van der Waals surface area contributed by atoms with E-state index in [9.17, 15) is 9.59 Å². The van der Waals surface area contributed by atoms with E-state index in [2.05, 4.69) is 38.2 Å². The van der Waals surface area contributed by atoms with Crippen molar-refractivity contribution in [3.63, 3.8) is 0 Å². The molecule has 1 aromatic heterocycles. The lowest BCUT2D eigenvalue weighted by atomic mass is 9.70. The number of esters is 1. The first kappa shape index (κ1) is 18.9. The molecule has 0 spiro atoms. The van der Waals surface area contributed by atoms with Gasteiger partial charge in [-0.2, -0.15) is 0 Å². The van der Waals surface area contributed by atoms with E-state index in [4.69, 9.17) is 4.74 Å². The highest BCUT2D eigenvalue weighted by Crippen LogP contribution is 2.48. The maximum atomic E-state index is 13.1. The molecule has 0 fully saturated rings. The third kappa shape index (κ3) is 3.37. The molecule has 4 nitrogen and oxygen atoms in total. The lowest BCUT2D eigenvalue weighted by molar-refractivity contribution is -0.138. The largest absolute Gasteiger partial charge is 0.463 e. The smallest absolute Gasteiger partial charge is 0.336 e. The lowest BCUT2D eigenvalue weighted by Gasteiger charge is -2.39. The van der Waals surface area contributed by atoms with E-state index in [1.165, 1.54) is 4.88 Å². The number of allylic oxidation sites excluding steroid dienone is 3. The Kier molecular flexibility index (Phi) is 5.11. The van der Waals surface area contributed by atoms with Crippen LogP contribution in [0.25, 0.3) is 0 Å². The Morgan fingerprint density at radius 1 is 1.31 bits per heavy atom. The van der Waals surface area contributed by atoms with Crippen molar-refractivity contribution in [2.24, 2.45) is 5.41 Å². The molecule has 2 aliphatic rings. The maximum absolute atomic E-state index is 13.1. The molecule has 5 heteroatoms. The zero-order chi connectivity index (χ0) is 19.1. The lowest BCUT2D eigenvalue weighted by Crippen LogP contribution is -2.38. The average Bonchev–Trinajstić information content (AvgIpc) is 3.01. The van der Waals surface area contributed by atoms with Gasteiger partial charge >= 0.3 is 5.97 Å². The van der Waals surface area contributed by atoms with Gasteiger partial charge in [-0.05, 0) is 44.2 Å². The van der Waals surface area contributed by atoms with Crippen molar-refractivity contribution < 1.29 is 14.3 Å². The van der Waals surface area contributed by atoms with Gasteiger partial charge in [0.1, 0.15) is 0 Å². The summed E-state index contributed by atoms with van der Waals surface area (Å²) in [5.41, 5.74) is 3.02. The molecule has 26 heavy (non-hydrogen) atoms. The van der Waals surface area contributed by atoms with Crippen LogP contribution in [0.3, 0.4) is 0 Å². The van der Waals surface area contributed by atoms with Crippen LogP contribution in [0.1, 0.15) is 63.1 Å². The third-order valence-corrected chi connectivity index (χ3v) is 6.34. The molecule has 0 amide bonds. The fourth-order valence-electron chi connectivity index (χ4n) is 3.94. The van der Waals surface area contributed by atoms with Gasteiger partial charge in [0, 0.05) is 33.1 Å². The highest BCUT2D eigenvalue weighted by atomic mass is 32.1. The van der Waals surface area contributed by atoms with E-state index in [1.54, 1.807) is 18.3 Å². The summed E-state index contributed by atoms with van der Waals surface area (Å²) in [4.78, 5) is 28.1. The number of ketones is 1. The third-order valence-electron chi connectivity index (χ3n) is 5.05. The number of carbonyl (C=O) groups is 2. The van der Waals surface area contributed by atoms with Crippen LogP contribution < -0.4 is 5.32 Å². The molecule has 140 valence electrons. The number of carbonyl (C=O) groups excluding carboxylic acids is 2. The Balaban J connectivity index is 2.15. The van der Waals surface area contributed by atoms with Gasteiger partial charge in [-0.15, -0.1) is 11.3 Å². The van der Waals surface area contributed by atoms with Crippen LogP contribution in [-0.4, -0.2) is 18.4 Å². The first-order valence-corrected chi connectivity index (χ1v) is 10.1. The van der Waals surface area contributed by atoms with Crippen molar-refractivity contribution in [2.45, 2.75) is 59.8 Å². The first-order valence-electron chi connectivity index (χ1n) is 9.27. The van der Waals surface area contributed by atoms with Crippen LogP contribution in [-0.2, 0) is 20.7 Å². The van der Waals surface area contributed by atoms with E-state index in [-0.39, 0.29) is 23.1 Å². The Hall–Kier alpha value is -1.88. The average molecular weight is 374 g/mol. The summed E-state index contributed by atoms with van der Waals surface area (Å²) in [7, 11) is 0. The molecule has 1 atom stereocenters. The second-order valence-corrected chi connectivity index (χ2v) is 9.01. The summed E-state index contributed by atoms with van der Waals surface area (Å²) < 4.78 is 5.33. The second-order valence-electron chi connectivity index (χ2n) is 7.81. The van der Waals surface area contributed by atoms with E-state index >= 15 is 0 Å². The van der Waals surface area contributed by atoms with Crippen LogP contribution in [0.2, 0.25) is 0 Å². The minimum atomic E-state index is -0.335. The standard InChI is InChI=1S/C21H27NO3S/c1-6-13-8-9-16(26-13)19-17(20(24)25-7-2)12(3)22-14-10-21(4,5)11-15(23)18(14)19/h8-9,19,22H,6-7,10-11H2,1-5H3/t19-/m0/s1. The summed E-state index contributed by atoms with van der Waals surface area (Å²) in [5.74, 6) is -0.521. The predicted molar refractivity (Wildman–Crippen MR) is 104 cm³/mol. The SMILES string of the molecule is CCOC(=O)C1=C(C)NC2=C(C(=O)CC(C)(C)C2)[C@H]1c1ccc(CC)s1. The molecule has 1 aliphatic carbocycles. The van der Waals surface area contributed by atoms with Gasteiger partial charge in [0.2, 0.25) is 0 Å². The molecule has 0 aromatic carbocycles. The van der Waals surface area contributed by atoms with E-state index in [0.717, 1.165) is 34.7 Å². The van der Waals surface area contributed by atoms with Crippen LogP contribution in [0.4, 0.5) is 0 Å². The fourth-order valence-corrected chi connectivity index (χ4v) is 5.01. The van der Waals surface area contributed by atoms with E-state index < -0.39 is 0 Å². The summed E-state index contributed by atoms with van der Waals surface area (Å²) >= 11 is 1.68. The zero-order valence-corrected chi connectivity index (χ0v) is 17.0. The number of rotatable bonds is 4. The maximum Gasteiger partial charge on any atom is 0.336 e. The zero-order valence-electron chi connectivity index (χ0n) is 16.2. The number of aryl methyl sites for hydroxylation is 1. The Labute approximate surface area is 159 Å². The minimum Gasteiger partial charge on any atom is -0.463 e. The van der Waals surface area contributed by atoms with Crippen LogP contribution in [0.5, 0.6) is 0 Å². The molecule has 1 N–H and O–H groups in total. The predicted octanol–water partition coefficient (Wildman–Crippen LogP) is 4.48. The summed E-state index contributed by atoms with van der Waals surface area (Å²) in [5, 5.41) is 3.36. The molecule has 0 saturated carbocycles. The van der Waals surface area contributed by atoms with Crippen LogP contribution in [0, 0.1) is 5.41 Å². The monoisotopic (exact) mass is 373 g/mol. The van der Waals surface area contributed by atoms with Gasteiger partial charge in [0.15, 0.2) is 5.78 Å². The van der Waals surface area contributed by atoms with Gasteiger partial charge in [-0.3, -0.25) is 4.79 Å². The van der Waals surface area contributed by atoms with Crippen molar-refractivity contribution >= 4 is 23.1 Å². The Bertz CT molecular complexity index is 813. The first-order chi connectivity index (χ1) is 12.3. The number of hydrogen-bond donors (Lipinski definition) is 1. The number of dihydropyridines is 1. The van der Waals surface area contributed by atoms with Crippen LogP contribution >= 0.6 is 11.3 Å². The molecule has 3 rings (SSSR count). The minimum absolute atomic E-state index is 0.0702. The summed E-state index contributed by atoms with van der Waals surface area (Å²) in [6.07, 6.45) is 2.26. The van der Waals surface area contributed by atoms with Gasteiger partial charge in [-0.25, -0.2) is 4.79 Å². The number of ether oxygens (including phenoxy) is 1. The Morgan fingerprint density at radius 2 is 2.04 bits per heavy atom. The number of hydrogen-bond acceptors (Lipinski definition) is 5. The molecule has 2 heterocycles.